The zero-order valence-electron chi connectivity index (χ0n) is 13.5. The number of furan rings is 1. The maximum Gasteiger partial charge on any atom is 0.191 e. The van der Waals surface area contributed by atoms with Crippen LogP contribution in [0.5, 0.6) is 0 Å². The molecule has 2 heterocycles. The van der Waals surface area contributed by atoms with E-state index in [0.29, 0.717) is 18.9 Å². The first-order valence-corrected chi connectivity index (χ1v) is 9.53. The number of sulfone groups is 1. The van der Waals surface area contributed by atoms with Gasteiger partial charge in [0.1, 0.15) is 11.3 Å². The molecule has 1 aromatic carbocycles. The number of hydrogen-bond donors (Lipinski definition) is 2. The van der Waals surface area contributed by atoms with Crippen LogP contribution in [0.4, 0.5) is 0 Å². The molecule has 24 heavy (non-hydrogen) atoms. The number of guanidine groups is 1. The van der Waals surface area contributed by atoms with Crippen LogP contribution in [0.3, 0.4) is 0 Å². The van der Waals surface area contributed by atoms with Crippen LogP contribution in [0.2, 0.25) is 0 Å². The van der Waals surface area contributed by atoms with Gasteiger partial charge in [0.2, 0.25) is 0 Å². The number of benzene rings is 1. The molecular weight excluding hydrogens is 441 g/mol. The van der Waals surface area contributed by atoms with E-state index in [9.17, 15) is 8.42 Å². The smallest absolute Gasteiger partial charge is 0.191 e. The average Bonchev–Trinajstić information content (AvgIpc) is 3.08. The van der Waals surface area contributed by atoms with Gasteiger partial charge in [0.05, 0.1) is 11.5 Å². The van der Waals surface area contributed by atoms with E-state index < -0.39 is 9.84 Å². The molecule has 0 aliphatic carbocycles. The van der Waals surface area contributed by atoms with Gasteiger partial charge in [0, 0.05) is 31.4 Å². The maximum atomic E-state index is 11.5. The maximum absolute atomic E-state index is 11.5. The van der Waals surface area contributed by atoms with Crippen molar-refractivity contribution in [2.45, 2.75) is 18.9 Å². The number of rotatable bonds is 4. The largest absolute Gasteiger partial charge is 0.461 e. The van der Waals surface area contributed by atoms with Crippen LogP contribution < -0.4 is 10.6 Å². The molecule has 1 aromatic heterocycles. The minimum Gasteiger partial charge on any atom is -0.461 e. The molecule has 3 rings (SSSR count). The fourth-order valence-corrected chi connectivity index (χ4v) is 4.43. The van der Waals surface area contributed by atoms with Gasteiger partial charge in [0.25, 0.3) is 0 Å². The summed E-state index contributed by atoms with van der Waals surface area (Å²) in [5, 5.41) is 7.46. The average molecular weight is 463 g/mol. The molecule has 1 atom stereocenters. The summed E-state index contributed by atoms with van der Waals surface area (Å²) in [4.78, 5) is 4.14. The van der Waals surface area contributed by atoms with Crippen molar-refractivity contribution in [1.29, 1.82) is 0 Å². The van der Waals surface area contributed by atoms with Crippen molar-refractivity contribution in [2.75, 3.05) is 25.1 Å². The van der Waals surface area contributed by atoms with E-state index >= 15 is 0 Å². The predicted octanol–water partition coefficient (Wildman–Crippen LogP) is 1.95. The Morgan fingerprint density at radius 3 is 2.83 bits per heavy atom. The van der Waals surface area contributed by atoms with Gasteiger partial charge in [-0.3, -0.25) is 4.99 Å². The number of fused-ring (bicyclic) bond motifs is 1. The van der Waals surface area contributed by atoms with Crippen molar-refractivity contribution < 1.29 is 12.8 Å². The fraction of sp³-hybridized carbons (Fsp3) is 0.438. The van der Waals surface area contributed by atoms with E-state index in [1.165, 1.54) is 0 Å². The van der Waals surface area contributed by atoms with Crippen molar-refractivity contribution in [3.05, 3.63) is 36.1 Å². The van der Waals surface area contributed by atoms with Crippen LogP contribution in [0.15, 0.2) is 39.7 Å². The molecule has 6 nitrogen and oxygen atoms in total. The number of nitrogens with zero attached hydrogens (tertiary/aromatic N) is 1. The molecule has 1 unspecified atom stereocenters. The Balaban J connectivity index is 0.00000208. The van der Waals surface area contributed by atoms with Gasteiger partial charge >= 0.3 is 0 Å². The van der Waals surface area contributed by atoms with E-state index in [-0.39, 0.29) is 41.5 Å². The van der Waals surface area contributed by atoms with Crippen LogP contribution in [0.1, 0.15) is 12.2 Å². The lowest BCUT2D eigenvalue weighted by Crippen LogP contribution is -2.44. The third kappa shape index (κ3) is 4.85. The zero-order chi connectivity index (χ0) is 16.3. The number of para-hydroxylation sites is 1. The molecule has 1 aliphatic rings. The lowest BCUT2D eigenvalue weighted by molar-refractivity contribution is 0.543. The highest BCUT2D eigenvalue weighted by molar-refractivity contribution is 14.0. The van der Waals surface area contributed by atoms with Crippen molar-refractivity contribution in [1.82, 2.24) is 10.6 Å². The molecule has 1 fully saturated rings. The molecule has 0 amide bonds. The first-order valence-electron chi connectivity index (χ1n) is 7.71. The van der Waals surface area contributed by atoms with Gasteiger partial charge in [-0.25, -0.2) is 8.42 Å². The highest BCUT2D eigenvalue weighted by Crippen LogP contribution is 2.18. The number of nitrogens with one attached hydrogen (secondary N) is 2. The minimum atomic E-state index is -2.89. The summed E-state index contributed by atoms with van der Waals surface area (Å²) in [7, 11) is -1.21. The molecule has 0 spiro atoms. The molecule has 8 heteroatoms. The Morgan fingerprint density at radius 2 is 2.17 bits per heavy atom. The Labute approximate surface area is 159 Å². The lowest BCUT2D eigenvalue weighted by atomic mass is 10.2. The Bertz CT molecular complexity index is 784. The zero-order valence-corrected chi connectivity index (χ0v) is 16.6. The van der Waals surface area contributed by atoms with Crippen LogP contribution in [-0.2, 0) is 16.3 Å². The van der Waals surface area contributed by atoms with E-state index in [2.05, 4.69) is 15.6 Å². The van der Waals surface area contributed by atoms with E-state index in [0.717, 1.165) is 23.2 Å². The third-order valence-electron chi connectivity index (χ3n) is 3.94. The number of hydrogen-bond acceptors (Lipinski definition) is 4. The highest BCUT2D eigenvalue weighted by atomic mass is 127. The molecule has 0 saturated carbocycles. The number of aliphatic imine (C=N–C) groups is 1. The summed E-state index contributed by atoms with van der Waals surface area (Å²) in [5.41, 5.74) is 0.890. The molecular formula is C16H22IN3O3S. The van der Waals surface area contributed by atoms with Gasteiger partial charge in [-0.1, -0.05) is 18.2 Å². The Hall–Kier alpha value is -1.29. The topological polar surface area (TPSA) is 83.7 Å². The summed E-state index contributed by atoms with van der Waals surface area (Å²) in [6.07, 6.45) is 1.37. The monoisotopic (exact) mass is 463 g/mol. The summed E-state index contributed by atoms with van der Waals surface area (Å²) < 4.78 is 28.7. The van der Waals surface area contributed by atoms with Crippen LogP contribution in [0, 0.1) is 0 Å². The second-order valence-corrected chi connectivity index (χ2v) is 7.97. The normalized spacial score (nSPS) is 19.9. The van der Waals surface area contributed by atoms with E-state index in [1.807, 2.05) is 30.3 Å². The summed E-state index contributed by atoms with van der Waals surface area (Å²) in [5.74, 6) is 1.97. The van der Waals surface area contributed by atoms with Crippen LogP contribution in [-0.4, -0.2) is 45.5 Å². The van der Waals surface area contributed by atoms with Crippen molar-refractivity contribution in [2.24, 2.45) is 4.99 Å². The van der Waals surface area contributed by atoms with Gasteiger partial charge in [-0.15, -0.1) is 24.0 Å². The Morgan fingerprint density at radius 1 is 1.38 bits per heavy atom. The van der Waals surface area contributed by atoms with E-state index in [4.69, 9.17) is 4.42 Å². The highest BCUT2D eigenvalue weighted by Gasteiger charge is 2.28. The molecule has 2 aromatic rings. The molecule has 0 radical (unpaired) electrons. The quantitative estimate of drug-likeness (QED) is 0.412. The Kier molecular flexibility index (Phi) is 6.50. The molecule has 2 N–H and O–H groups in total. The van der Waals surface area contributed by atoms with Crippen molar-refractivity contribution >= 4 is 50.7 Å². The third-order valence-corrected chi connectivity index (χ3v) is 5.71. The first-order chi connectivity index (χ1) is 11.1. The number of halogens is 1. The van der Waals surface area contributed by atoms with E-state index in [1.54, 1.807) is 7.05 Å². The van der Waals surface area contributed by atoms with Crippen LogP contribution >= 0.6 is 24.0 Å². The fourth-order valence-electron chi connectivity index (χ4n) is 2.76. The first kappa shape index (κ1) is 19.0. The molecule has 1 aliphatic heterocycles. The van der Waals surface area contributed by atoms with Gasteiger partial charge in [-0.05, 0) is 18.6 Å². The summed E-state index contributed by atoms with van der Waals surface area (Å²) in [6, 6.07) is 9.90. The predicted molar refractivity (Wildman–Crippen MR) is 107 cm³/mol. The second-order valence-electron chi connectivity index (χ2n) is 5.74. The molecule has 0 bridgehead atoms. The summed E-state index contributed by atoms with van der Waals surface area (Å²) in [6.45, 7) is 0.666. The molecule has 132 valence electrons. The molecule has 1 saturated heterocycles. The van der Waals surface area contributed by atoms with Gasteiger partial charge < -0.3 is 15.1 Å². The SMILES string of the molecule is CN=C(NCCc1cc2ccccc2o1)NC1CCS(=O)(=O)C1.I. The standard InChI is InChI=1S/C16H21N3O3S.HI/c1-17-16(19-13-7-9-23(20,21)11-13)18-8-6-14-10-12-4-2-3-5-15(12)22-14;/h2-5,10,13H,6-9,11H2,1H3,(H2,17,18,19);1H. The second kappa shape index (κ2) is 8.19. The van der Waals surface area contributed by atoms with Crippen molar-refractivity contribution in [3.8, 4) is 0 Å². The van der Waals surface area contributed by atoms with Crippen molar-refractivity contribution in [3.63, 3.8) is 0 Å². The summed E-state index contributed by atoms with van der Waals surface area (Å²) >= 11 is 0. The van der Waals surface area contributed by atoms with Gasteiger partial charge in [-0.2, -0.15) is 0 Å². The van der Waals surface area contributed by atoms with Gasteiger partial charge in [0.15, 0.2) is 15.8 Å². The van der Waals surface area contributed by atoms with Crippen LogP contribution in [0.25, 0.3) is 11.0 Å². The minimum absolute atomic E-state index is 0. The lowest BCUT2D eigenvalue weighted by Gasteiger charge is -2.15.